The van der Waals surface area contributed by atoms with E-state index in [1.54, 1.807) is 5.57 Å². The summed E-state index contributed by atoms with van der Waals surface area (Å²) < 4.78 is 6.14. The highest BCUT2D eigenvalue weighted by Crippen LogP contribution is 2.67. The molecule has 0 N–H and O–H groups in total. The first kappa shape index (κ1) is 40.0. The van der Waals surface area contributed by atoms with Gasteiger partial charge in [0, 0.05) is 12.8 Å². The fourth-order valence-electron chi connectivity index (χ4n) is 11.8. The molecule has 0 aromatic rings. The monoisotopic (exact) mass is 667 g/mol. The fourth-order valence-corrected chi connectivity index (χ4v) is 11.8. The molecule has 3 saturated carbocycles. The van der Waals surface area contributed by atoms with Gasteiger partial charge in [-0.2, -0.15) is 0 Å². The van der Waals surface area contributed by atoms with Crippen LogP contribution in [-0.2, 0) is 9.53 Å². The molecule has 0 bridgehead atoms. The minimum Gasteiger partial charge on any atom is -0.462 e. The zero-order valence-corrected chi connectivity index (χ0v) is 33.2. The van der Waals surface area contributed by atoms with Crippen molar-refractivity contribution in [3.05, 3.63) is 11.6 Å². The van der Waals surface area contributed by atoms with E-state index in [0.29, 0.717) is 17.3 Å². The van der Waals surface area contributed by atoms with Crippen LogP contribution < -0.4 is 0 Å². The Balaban J connectivity index is 1.08. The lowest BCUT2D eigenvalue weighted by Gasteiger charge is -2.58. The molecule has 0 aliphatic heterocycles. The Labute approximate surface area is 300 Å². The van der Waals surface area contributed by atoms with E-state index >= 15 is 0 Å². The predicted octanol–water partition coefficient (Wildman–Crippen LogP) is 14.6. The summed E-state index contributed by atoms with van der Waals surface area (Å²) >= 11 is 0. The number of allylic oxidation sites excluding steroid dienone is 1. The molecule has 0 radical (unpaired) electrons. The van der Waals surface area contributed by atoms with Gasteiger partial charge in [-0.3, -0.25) is 4.79 Å². The second-order valence-electron chi connectivity index (χ2n) is 18.7. The van der Waals surface area contributed by atoms with E-state index in [1.807, 2.05) is 0 Å². The summed E-state index contributed by atoms with van der Waals surface area (Å²) in [7, 11) is 0. The molecule has 3 fully saturated rings. The molecule has 278 valence electrons. The Morgan fingerprint density at radius 2 is 1.33 bits per heavy atom. The number of hydrogen-bond donors (Lipinski definition) is 0. The highest BCUT2D eigenvalue weighted by Gasteiger charge is 2.59. The van der Waals surface area contributed by atoms with Crippen molar-refractivity contribution in [2.45, 2.75) is 227 Å². The van der Waals surface area contributed by atoms with E-state index in [0.717, 1.165) is 54.8 Å². The molecular formula is C46H82O2. The number of rotatable bonds is 23. The number of ether oxygens (including phenoxy) is 1. The van der Waals surface area contributed by atoms with Crippen LogP contribution in [0, 0.1) is 46.3 Å². The van der Waals surface area contributed by atoms with Crippen LogP contribution in [0.4, 0.5) is 0 Å². The minimum atomic E-state index is 0.0659. The lowest BCUT2D eigenvalue weighted by molar-refractivity contribution is -0.151. The van der Waals surface area contributed by atoms with Crippen LogP contribution in [0.2, 0.25) is 0 Å². The summed E-state index contributed by atoms with van der Waals surface area (Å²) in [5.74, 6) is 5.34. The number of fused-ring (bicyclic) bond motifs is 5. The third-order valence-corrected chi connectivity index (χ3v) is 14.8. The molecule has 2 nitrogen and oxygen atoms in total. The maximum Gasteiger partial charge on any atom is 0.306 e. The average Bonchev–Trinajstić information content (AvgIpc) is 3.42. The smallest absolute Gasteiger partial charge is 0.306 e. The first-order chi connectivity index (χ1) is 23.2. The Kier molecular flexibility index (Phi) is 16.9. The van der Waals surface area contributed by atoms with Crippen LogP contribution in [0.3, 0.4) is 0 Å². The number of unbranched alkanes of at least 4 members (excludes halogenated alkanes) is 15. The maximum absolute atomic E-state index is 12.8. The molecule has 48 heavy (non-hydrogen) atoms. The van der Waals surface area contributed by atoms with Crippen molar-refractivity contribution in [1.29, 1.82) is 0 Å². The molecule has 4 rings (SSSR count). The van der Waals surface area contributed by atoms with Crippen LogP contribution in [0.25, 0.3) is 0 Å². The second-order valence-corrected chi connectivity index (χ2v) is 18.7. The topological polar surface area (TPSA) is 26.3 Å². The van der Waals surface area contributed by atoms with Gasteiger partial charge in [-0.05, 0) is 97.7 Å². The zero-order valence-electron chi connectivity index (χ0n) is 33.2. The van der Waals surface area contributed by atoms with Gasteiger partial charge in [-0.25, -0.2) is 0 Å². The zero-order chi connectivity index (χ0) is 34.4. The molecule has 8 atom stereocenters. The fraction of sp³-hybridized carbons (Fsp3) is 0.935. The first-order valence-electron chi connectivity index (χ1n) is 22.1. The van der Waals surface area contributed by atoms with Crippen molar-refractivity contribution < 1.29 is 9.53 Å². The third kappa shape index (κ3) is 11.1. The lowest BCUT2D eigenvalue weighted by Crippen LogP contribution is -2.51. The number of carbonyl (C=O) groups is 1. The molecule has 2 heteroatoms. The molecule has 0 aromatic carbocycles. The summed E-state index contributed by atoms with van der Waals surface area (Å²) in [6, 6.07) is 0. The predicted molar refractivity (Wildman–Crippen MR) is 207 cm³/mol. The minimum absolute atomic E-state index is 0.0659. The number of carbonyl (C=O) groups excluding carboxylic acids is 1. The van der Waals surface area contributed by atoms with Gasteiger partial charge in [-0.1, -0.05) is 169 Å². The standard InChI is InChI=1S/C46H82O2/c1-7-8-9-10-11-12-13-14-15-16-17-18-19-20-21-22-26-44(47)48-39-31-33-45(5)38(35-39)27-28-40-42-30-29-41(37(4)25-23-24-36(2)3)46(42,6)34-32-43(40)45/h27,36-37,39-43H,7-26,28-35H2,1-6H3/t37-,39?,40+,41-,42+,43+,45+,46-/m1/s1. The van der Waals surface area contributed by atoms with E-state index in [2.05, 4.69) is 47.6 Å². The van der Waals surface area contributed by atoms with Gasteiger partial charge < -0.3 is 4.74 Å². The normalized spacial score (nSPS) is 32.0. The van der Waals surface area contributed by atoms with Crippen LogP contribution in [0.1, 0.15) is 221 Å². The summed E-state index contributed by atoms with van der Waals surface area (Å²) in [5.41, 5.74) is 2.54. The lowest BCUT2D eigenvalue weighted by atomic mass is 9.47. The Bertz CT molecular complexity index is 950. The van der Waals surface area contributed by atoms with Crippen LogP contribution in [0.15, 0.2) is 11.6 Å². The van der Waals surface area contributed by atoms with E-state index < -0.39 is 0 Å². The Morgan fingerprint density at radius 1 is 0.729 bits per heavy atom. The van der Waals surface area contributed by atoms with E-state index in [-0.39, 0.29) is 12.1 Å². The molecule has 0 aromatic heterocycles. The van der Waals surface area contributed by atoms with Gasteiger partial charge in [0.1, 0.15) is 6.10 Å². The molecule has 1 unspecified atom stereocenters. The molecule has 0 spiro atoms. The van der Waals surface area contributed by atoms with Crippen molar-refractivity contribution in [1.82, 2.24) is 0 Å². The van der Waals surface area contributed by atoms with Gasteiger partial charge in [0.15, 0.2) is 0 Å². The van der Waals surface area contributed by atoms with Gasteiger partial charge >= 0.3 is 5.97 Å². The summed E-state index contributed by atoms with van der Waals surface area (Å²) in [6.07, 6.45) is 39.9. The molecule has 0 saturated heterocycles. The molecule has 0 heterocycles. The summed E-state index contributed by atoms with van der Waals surface area (Å²) in [5, 5.41) is 0. The molecule has 4 aliphatic rings. The molecular weight excluding hydrogens is 585 g/mol. The number of hydrogen-bond acceptors (Lipinski definition) is 2. The van der Waals surface area contributed by atoms with Crippen LogP contribution >= 0.6 is 0 Å². The molecule has 4 aliphatic carbocycles. The van der Waals surface area contributed by atoms with Gasteiger partial charge in [-0.15, -0.1) is 0 Å². The van der Waals surface area contributed by atoms with Crippen molar-refractivity contribution >= 4 is 5.97 Å². The summed E-state index contributed by atoms with van der Waals surface area (Å²) in [6.45, 7) is 15.0. The Morgan fingerprint density at radius 3 is 1.94 bits per heavy atom. The van der Waals surface area contributed by atoms with Crippen LogP contribution in [0.5, 0.6) is 0 Å². The maximum atomic E-state index is 12.8. The van der Waals surface area contributed by atoms with E-state index in [4.69, 9.17) is 4.74 Å². The van der Waals surface area contributed by atoms with Gasteiger partial charge in [0.2, 0.25) is 0 Å². The van der Waals surface area contributed by atoms with Crippen molar-refractivity contribution in [2.75, 3.05) is 0 Å². The highest BCUT2D eigenvalue weighted by atomic mass is 16.5. The highest BCUT2D eigenvalue weighted by molar-refractivity contribution is 5.69. The SMILES string of the molecule is CCCCCCCCCCCCCCCCCCC(=O)OC1CC[C@@]2(C)C(=CC[C@H]3[C@@H]4CC[C@H]([C@H](C)CCCC(C)C)[C@@]4(C)CC[C@@H]32)C1. The Hall–Kier alpha value is -0.790. The van der Waals surface area contributed by atoms with Crippen molar-refractivity contribution in [2.24, 2.45) is 46.3 Å². The molecule has 0 amide bonds. The van der Waals surface area contributed by atoms with E-state index in [1.165, 1.54) is 154 Å². The second kappa shape index (κ2) is 20.3. The quantitative estimate of drug-likeness (QED) is 0.0616. The number of esters is 1. The van der Waals surface area contributed by atoms with Gasteiger partial charge in [0.05, 0.1) is 0 Å². The summed E-state index contributed by atoms with van der Waals surface area (Å²) in [4.78, 5) is 12.8. The average molecular weight is 667 g/mol. The van der Waals surface area contributed by atoms with E-state index in [9.17, 15) is 4.79 Å². The third-order valence-electron chi connectivity index (χ3n) is 14.8. The van der Waals surface area contributed by atoms with Crippen LogP contribution in [-0.4, -0.2) is 12.1 Å². The first-order valence-corrected chi connectivity index (χ1v) is 22.1. The van der Waals surface area contributed by atoms with Crippen molar-refractivity contribution in [3.63, 3.8) is 0 Å². The van der Waals surface area contributed by atoms with Gasteiger partial charge in [0.25, 0.3) is 0 Å². The largest absolute Gasteiger partial charge is 0.462 e. The van der Waals surface area contributed by atoms with Crippen molar-refractivity contribution in [3.8, 4) is 0 Å².